The number of carbonyl (C=O) groups is 2. The van der Waals surface area contributed by atoms with Gasteiger partial charge in [0.05, 0.1) is 30.4 Å². The summed E-state index contributed by atoms with van der Waals surface area (Å²) in [6.07, 6.45) is -0.466. The fourth-order valence-corrected chi connectivity index (χ4v) is 4.61. The van der Waals surface area contributed by atoms with Gasteiger partial charge in [0.25, 0.3) is 5.91 Å². The minimum atomic E-state index is -0.509. The van der Waals surface area contributed by atoms with E-state index in [0.717, 1.165) is 21.7 Å². The number of hydrogen-bond acceptors (Lipinski definition) is 6. The fraction of sp³-hybridized carbons (Fsp3) is 0.292. The van der Waals surface area contributed by atoms with Gasteiger partial charge in [-0.15, -0.1) is 11.3 Å². The maximum atomic E-state index is 12.6. The second kappa shape index (κ2) is 9.60. The third kappa shape index (κ3) is 4.57. The van der Waals surface area contributed by atoms with Gasteiger partial charge in [0, 0.05) is 16.1 Å². The van der Waals surface area contributed by atoms with Crippen LogP contribution < -0.4 is 5.32 Å². The van der Waals surface area contributed by atoms with Crippen molar-refractivity contribution in [3.63, 3.8) is 0 Å². The van der Waals surface area contributed by atoms with E-state index in [4.69, 9.17) is 4.74 Å². The maximum absolute atomic E-state index is 12.6. The van der Waals surface area contributed by atoms with Crippen LogP contribution in [-0.2, 0) is 16.1 Å². The standard InChI is InChI=1S/C24H25N3O4S/c1-15-5-3-4-6-19(15)24(30)26-18-9-7-17(8-10-18)23-20(12-28)27(22(29)13-31-23)11-21-16(2)25-14-32-21/h3-10,14,20,23,28H,11-13H2,1-2H3,(H,26,30)/t20-,23-/m1/s1. The van der Waals surface area contributed by atoms with Gasteiger partial charge < -0.3 is 20.1 Å². The zero-order chi connectivity index (χ0) is 22.7. The van der Waals surface area contributed by atoms with Crippen molar-refractivity contribution < 1.29 is 19.4 Å². The molecule has 166 valence electrons. The van der Waals surface area contributed by atoms with Crippen molar-refractivity contribution in [2.45, 2.75) is 32.5 Å². The topological polar surface area (TPSA) is 91.8 Å². The van der Waals surface area contributed by atoms with Crippen molar-refractivity contribution in [3.05, 3.63) is 81.3 Å². The monoisotopic (exact) mass is 451 g/mol. The van der Waals surface area contributed by atoms with Gasteiger partial charge in [-0.1, -0.05) is 30.3 Å². The van der Waals surface area contributed by atoms with Crippen LogP contribution in [0.1, 0.15) is 38.2 Å². The van der Waals surface area contributed by atoms with Crippen LogP contribution in [0.2, 0.25) is 0 Å². The first-order chi connectivity index (χ1) is 15.5. The molecule has 2 atom stereocenters. The summed E-state index contributed by atoms with van der Waals surface area (Å²) in [5, 5.41) is 13.0. The molecule has 32 heavy (non-hydrogen) atoms. The number of aliphatic hydroxyl groups is 1. The SMILES string of the molecule is Cc1ccccc1C(=O)Nc1ccc([C@H]2OCC(=O)N(Cc3scnc3C)[C@@H]2CO)cc1. The predicted molar refractivity (Wildman–Crippen MR) is 123 cm³/mol. The van der Waals surface area contributed by atoms with Crippen LogP contribution in [0.25, 0.3) is 0 Å². The zero-order valence-electron chi connectivity index (χ0n) is 17.9. The number of nitrogens with zero attached hydrogens (tertiary/aromatic N) is 2. The lowest BCUT2D eigenvalue weighted by molar-refractivity contribution is -0.161. The van der Waals surface area contributed by atoms with E-state index in [-0.39, 0.29) is 25.0 Å². The van der Waals surface area contributed by atoms with Crippen molar-refractivity contribution in [2.75, 3.05) is 18.5 Å². The van der Waals surface area contributed by atoms with E-state index >= 15 is 0 Å². The van der Waals surface area contributed by atoms with Gasteiger partial charge in [-0.2, -0.15) is 0 Å². The summed E-state index contributed by atoms with van der Waals surface area (Å²) in [5.74, 6) is -0.329. The summed E-state index contributed by atoms with van der Waals surface area (Å²) in [4.78, 5) is 32.0. The number of rotatable bonds is 6. The smallest absolute Gasteiger partial charge is 0.255 e. The Morgan fingerprint density at radius 1 is 1.22 bits per heavy atom. The zero-order valence-corrected chi connectivity index (χ0v) is 18.8. The molecule has 4 rings (SSSR count). The molecule has 1 aromatic heterocycles. The Hall–Kier alpha value is -3.07. The van der Waals surface area contributed by atoms with Gasteiger partial charge in [-0.25, -0.2) is 4.98 Å². The van der Waals surface area contributed by atoms with Crippen molar-refractivity contribution >= 4 is 28.8 Å². The van der Waals surface area contributed by atoms with Crippen LogP contribution in [-0.4, -0.2) is 46.1 Å². The summed E-state index contributed by atoms with van der Waals surface area (Å²) in [6.45, 7) is 3.93. The third-order valence-corrected chi connectivity index (χ3v) is 6.61. The van der Waals surface area contributed by atoms with Gasteiger partial charge in [-0.3, -0.25) is 9.59 Å². The Morgan fingerprint density at radius 2 is 1.97 bits per heavy atom. The van der Waals surface area contributed by atoms with E-state index in [2.05, 4.69) is 10.3 Å². The lowest BCUT2D eigenvalue weighted by Gasteiger charge is -2.40. The quantitative estimate of drug-likeness (QED) is 0.599. The first-order valence-corrected chi connectivity index (χ1v) is 11.2. The van der Waals surface area contributed by atoms with Gasteiger partial charge in [0.15, 0.2) is 0 Å². The van der Waals surface area contributed by atoms with Crippen molar-refractivity contribution in [2.24, 2.45) is 0 Å². The van der Waals surface area contributed by atoms with Crippen LogP contribution in [0.5, 0.6) is 0 Å². The second-order valence-corrected chi connectivity index (χ2v) is 8.69. The highest BCUT2D eigenvalue weighted by Crippen LogP contribution is 2.31. The van der Waals surface area contributed by atoms with Crippen molar-refractivity contribution in [3.8, 4) is 0 Å². The Kier molecular flexibility index (Phi) is 6.64. The van der Waals surface area contributed by atoms with E-state index < -0.39 is 12.1 Å². The number of ether oxygens (including phenoxy) is 1. The molecule has 0 aliphatic carbocycles. The van der Waals surface area contributed by atoms with Gasteiger partial charge in [0.1, 0.15) is 12.7 Å². The summed E-state index contributed by atoms with van der Waals surface area (Å²) >= 11 is 1.49. The number of nitrogens with one attached hydrogen (secondary N) is 1. The van der Waals surface area contributed by atoms with Crippen LogP contribution >= 0.6 is 11.3 Å². The van der Waals surface area contributed by atoms with E-state index in [1.165, 1.54) is 11.3 Å². The molecular formula is C24H25N3O4S. The molecule has 2 heterocycles. The number of thiazole rings is 1. The molecule has 2 aromatic carbocycles. The summed E-state index contributed by atoms with van der Waals surface area (Å²) in [6, 6.07) is 14.2. The predicted octanol–water partition coefficient (Wildman–Crippen LogP) is 3.47. The Morgan fingerprint density at radius 3 is 2.62 bits per heavy atom. The third-order valence-electron chi connectivity index (χ3n) is 5.69. The van der Waals surface area contributed by atoms with Gasteiger partial charge >= 0.3 is 0 Å². The molecule has 7 nitrogen and oxygen atoms in total. The summed E-state index contributed by atoms with van der Waals surface area (Å²) in [5.41, 5.74) is 5.66. The summed E-state index contributed by atoms with van der Waals surface area (Å²) < 4.78 is 5.81. The Labute approximate surface area is 190 Å². The number of aliphatic hydroxyl groups excluding tert-OH is 1. The minimum absolute atomic E-state index is 0.0508. The largest absolute Gasteiger partial charge is 0.394 e. The Balaban J connectivity index is 1.50. The number of aromatic nitrogens is 1. The van der Waals surface area contributed by atoms with Gasteiger partial charge in [0.2, 0.25) is 5.91 Å². The second-order valence-electron chi connectivity index (χ2n) is 7.76. The molecule has 1 fully saturated rings. The number of carbonyl (C=O) groups excluding carboxylic acids is 2. The number of amides is 2. The van der Waals surface area contributed by atoms with Crippen molar-refractivity contribution in [1.82, 2.24) is 9.88 Å². The molecule has 2 amide bonds. The molecule has 0 spiro atoms. The number of hydrogen-bond donors (Lipinski definition) is 2. The molecule has 1 saturated heterocycles. The van der Waals surface area contributed by atoms with Crippen LogP contribution in [0.4, 0.5) is 5.69 Å². The number of benzene rings is 2. The molecule has 8 heteroatoms. The average Bonchev–Trinajstić information content (AvgIpc) is 3.20. The van der Waals surface area contributed by atoms with E-state index in [9.17, 15) is 14.7 Å². The number of morpholine rings is 1. The van der Waals surface area contributed by atoms with E-state index in [0.29, 0.717) is 17.8 Å². The molecule has 0 radical (unpaired) electrons. The van der Waals surface area contributed by atoms with Gasteiger partial charge in [-0.05, 0) is 43.2 Å². The molecule has 0 saturated carbocycles. The first kappa shape index (κ1) is 22.1. The van der Waals surface area contributed by atoms with E-state index in [1.54, 1.807) is 28.6 Å². The summed E-state index contributed by atoms with van der Waals surface area (Å²) in [7, 11) is 0. The van der Waals surface area contributed by atoms with E-state index in [1.807, 2.05) is 44.2 Å². The van der Waals surface area contributed by atoms with Crippen LogP contribution in [0, 0.1) is 13.8 Å². The lowest BCUT2D eigenvalue weighted by Crippen LogP contribution is -2.52. The lowest BCUT2D eigenvalue weighted by atomic mass is 9.99. The van der Waals surface area contributed by atoms with Crippen LogP contribution in [0.15, 0.2) is 54.0 Å². The highest BCUT2D eigenvalue weighted by atomic mass is 32.1. The Bertz CT molecular complexity index is 1110. The number of anilines is 1. The fourth-order valence-electron chi connectivity index (χ4n) is 3.84. The first-order valence-electron chi connectivity index (χ1n) is 10.4. The minimum Gasteiger partial charge on any atom is -0.394 e. The molecule has 0 unspecified atom stereocenters. The average molecular weight is 452 g/mol. The highest BCUT2D eigenvalue weighted by Gasteiger charge is 2.37. The highest BCUT2D eigenvalue weighted by molar-refractivity contribution is 7.09. The number of aryl methyl sites for hydroxylation is 2. The molecule has 1 aliphatic heterocycles. The molecule has 3 aromatic rings. The molecular weight excluding hydrogens is 426 g/mol. The molecule has 1 aliphatic rings. The van der Waals surface area contributed by atoms with Crippen LogP contribution in [0.3, 0.4) is 0 Å². The normalized spacial score (nSPS) is 18.6. The van der Waals surface area contributed by atoms with Crippen molar-refractivity contribution in [1.29, 1.82) is 0 Å². The maximum Gasteiger partial charge on any atom is 0.255 e. The molecule has 0 bridgehead atoms. The molecule has 2 N–H and O–H groups in total.